The third-order valence-electron chi connectivity index (χ3n) is 18.7. The molecule has 68 heavy (non-hydrogen) atoms. The fraction of sp³-hybridized carbons (Fsp3) is 0.373. The van der Waals surface area contributed by atoms with Gasteiger partial charge >= 0.3 is 0 Å². The molecule has 0 saturated heterocycles. The van der Waals surface area contributed by atoms with Crippen LogP contribution in [-0.2, 0) is 37.9 Å². The molecule has 344 valence electrons. The molecule has 5 aliphatic carbocycles. The predicted molar refractivity (Wildman–Crippen MR) is 289 cm³/mol. The lowest BCUT2D eigenvalue weighted by Gasteiger charge is -2.44. The predicted octanol–water partition coefficient (Wildman–Crippen LogP) is 18.2. The normalized spacial score (nSPS) is 20.5. The molecule has 1 spiro atoms. The molecule has 1 heteroatoms. The van der Waals surface area contributed by atoms with E-state index < -0.39 is 5.41 Å². The molecule has 0 bridgehead atoms. The molecule has 0 saturated carbocycles. The van der Waals surface area contributed by atoms with Crippen LogP contribution in [0.5, 0.6) is 0 Å². The Hall–Kier alpha value is -5.66. The zero-order chi connectivity index (χ0) is 47.6. The largest absolute Gasteiger partial charge is 0.310 e. The Balaban J connectivity index is 1.22. The maximum absolute atomic E-state index is 2.70. The SMILES string of the molecule is CC1(C)CCC(C)(C)c2cc(-c3cc4c(cc3N(c3ccc5c(c3)C(C)(C)CCC5(C)C)c3ccc5c(c3)C(C)(C)CCC5(C)C)C3(c5ccccc5-c5ccccc53)c3ccccc3-4)ccc21. The summed E-state index contributed by atoms with van der Waals surface area (Å²) in [5, 5.41) is 0. The molecule has 0 amide bonds. The quantitative estimate of drug-likeness (QED) is 0.170. The van der Waals surface area contributed by atoms with Crippen LogP contribution in [-0.4, -0.2) is 0 Å². The van der Waals surface area contributed by atoms with E-state index in [2.05, 4.69) is 228 Å². The number of hydrogen-bond donors (Lipinski definition) is 0. The third-order valence-corrected chi connectivity index (χ3v) is 18.7. The number of nitrogens with zero attached hydrogens (tertiary/aromatic N) is 1. The van der Waals surface area contributed by atoms with Gasteiger partial charge in [0.2, 0.25) is 0 Å². The van der Waals surface area contributed by atoms with E-state index in [4.69, 9.17) is 0 Å². The lowest BCUT2D eigenvalue weighted by atomic mass is 9.62. The van der Waals surface area contributed by atoms with Crippen LogP contribution >= 0.6 is 0 Å². The Labute approximate surface area is 408 Å². The van der Waals surface area contributed by atoms with Gasteiger partial charge in [-0.1, -0.05) is 186 Å². The first kappa shape index (κ1) is 43.6. The third kappa shape index (κ3) is 6.05. The second-order valence-corrected chi connectivity index (χ2v) is 25.7. The zero-order valence-electron chi connectivity index (χ0n) is 43.0. The molecule has 12 rings (SSSR count). The van der Waals surface area contributed by atoms with Crippen LogP contribution in [0.4, 0.5) is 17.1 Å². The first-order chi connectivity index (χ1) is 32.2. The Bertz CT molecular complexity index is 3130. The van der Waals surface area contributed by atoms with Gasteiger partial charge in [0, 0.05) is 16.9 Å². The topological polar surface area (TPSA) is 3.24 Å². The van der Waals surface area contributed by atoms with Crippen LogP contribution in [0.15, 0.2) is 140 Å². The smallest absolute Gasteiger partial charge is 0.0726 e. The van der Waals surface area contributed by atoms with Gasteiger partial charge in [-0.05, 0) is 191 Å². The molecule has 0 heterocycles. The van der Waals surface area contributed by atoms with Gasteiger partial charge < -0.3 is 4.90 Å². The first-order valence-corrected chi connectivity index (χ1v) is 25.9. The van der Waals surface area contributed by atoms with Crippen LogP contribution in [0.3, 0.4) is 0 Å². The minimum atomic E-state index is -0.469. The summed E-state index contributed by atoms with van der Waals surface area (Å²) in [4.78, 5) is 2.70. The van der Waals surface area contributed by atoms with Crippen LogP contribution < -0.4 is 4.90 Å². The van der Waals surface area contributed by atoms with Crippen molar-refractivity contribution < 1.29 is 0 Å². The van der Waals surface area contributed by atoms with Gasteiger partial charge in [-0.25, -0.2) is 0 Å². The zero-order valence-corrected chi connectivity index (χ0v) is 43.0. The molecule has 0 radical (unpaired) electrons. The molecule has 0 fully saturated rings. The van der Waals surface area contributed by atoms with E-state index in [1.165, 1.54) is 145 Å². The second-order valence-electron chi connectivity index (χ2n) is 25.7. The fourth-order valence-electron chi connectivity index (χ4n) is 14.2. The standard InChI is InChI=1S/C67H71N/c1-61(2)31-34-64(7,8)57-37-42(25-28-53(57)61)48-40-49-47-21-15-18-24-52(47)67(50-22-16-13-19-45(50)46-20-14-17-23-51(46)67)56(49)41-60(48)68(43-26-29-54-58(38-43)65(9,10)35-32-62(54,3)4)44-27-30-55-59(39-44)66(11,12)36-33-63(55,5)6/h13-30,37-41H,31-36H2,1-12H3. The maximum Gasteiger partial charge on any atom is 0.0726 e. The lowest BCUT2D eigenvalue weighted by Crippen LogP contribution is -2.34. The van der Waals surface area contributed by atoms with Crippen LogP contribution in [0, 0.1) is 0 Å². The monoisotopic (exact) mass is 890 g/mol. The van der Waals surface area contributed by atoms with Gasteiger partial charge in [0.1, 0.15) is 0 Å². The fourth-order valence-corrected chi connectivity index (χ4v) is 14.2. The highest BCUT2D eigenvalue weighted by Crippen LogP contribution is 2.65. The van der Waals surface area contributed by atoms with Gasteiger partial charge in [0.25, 0.3) is 0 Å². The molecule has 0 aromatic heterocycles. The van der Waals surface area contributed by atoms with Crippen LogP contribution in [0.2, 0.25) is 0 Å². The number of anilines is 3. The highest BCUT2D eigenvalue weighted by atomic mass is 15.1. The summed E-state index contributed by atoms with van der Waals surface area (Å²) in [5.41, 5.74) is 26.2. The molecule has 5 aliphatic rings. The van der Waals surface area contributed by atoms with Crippen molar-refractivity contribution in [3.63, 3.8) is 0 Å². The van der Waals surface area contributed by atoms with Gasteiger partial charge in [-0.3, -0.25) is 0 Å². The molecule has 0 N–H and O–H groups in total. The van der Waals surface area contributed by atoms with Crippen LogP contribution in [0.25, 0.3) is 33.4 Å². The van der Waals surface area contributed by atoms with E-state index in [0.29, 0.717) is 0 Å². The van der Waals surface area contributed by atoms with Gasteiger partial charge in [-0.15, -0.1) is 0 Å². The van der Waals surface area contributed by atoms with Crippen molar-refractivity contribution in [3.05, 3.63) is 195 Å². The first-order valence-electron chi connectivity index (χ1n) is 25.9. The average molecular weight is 890 g/mol. The highest BCUT2D eigenvalue weighted by molar-refractivity contribution is 6.00. The van der Waals surface area contributed by atoms with E-state index in [9.17, 15) is 0 Å². The summed E-state index contributed by atoms with van der Waals surface area (Å²) >= 11 is 0. The van der Waals surface area contributed by atoms with Crippen molar-refractivity contribution in [3.8, 4) is 33.4 Å². The second kappa shape index (κ2) is 14.2. The van der Waals surface area contributed by atoms with E-state index in [-0.39, 0.29) is 32.5 Å². The van der Waals surface area contributed by atoms with Crippen molar-refractivity contribution in [2.24, 2.45) is 0 Å². The van der Waals surface area contributed by atoms with Crippen molar-refractivity contribution in [2.45, 2.75) is 160 Å². The number of fused-ring (bicyclic) bond motifs is 13. The Morgan fingerprint density at radius 2 is 0.632 bits per heavy atom. The minimum absolute atomic E-state index is 0.0506. The maximum atomic E-state index is 2.70. The molecule has 0 unspecified atom stereocenters. The Morgan fingerprint density at radius 3 is 1.06 bits per heavy atom. The number of hydrogen-bond acceptors (Lipinski definition) is 1. The molecule has 0 atom stereocenters. The van der Waals surface area contributed by atoms with Crippen molar-refractivity contribution >= 4 is 17.1 Å². The molecule has 7 aromatic carbocycles. The molecular formula is C67H71N. The lowest BCUT2D eigenvalue weighted by molar-refractivity contribution is 0.332. The molecule has 1 nitrogen and oxygen atoms in total. The summed E-state index contributed by atoms with van der Waals surface area (Å²) in [6.07, 6.45) is 7.10. The van der Waals surface area contributed by atoms with E-state index >= 15 is 0 Å². The summed E-state index contributed by atoms with van der Waals surface area (Å²) < 4.78 is 0. The number of rotatable bonds is 4. The van der Waals surface area contributed by atoms with E-state index in [0.717, 1.165) is 0 Å². The van der Waals surface area contributed by atoms with Crippen molar-refractivity contribution in [1.29, 1.82) is 0 Å². The van der Waals surface area contributed by atoms with E-state index in [1.807, 2.05) is 0 Å². The van der Waals surface area contributed by atoms with Gasteiger partial charge in [0.15, 0.2) is 0 Å². The Morgan fingerprint density at radius 1 is 0.279 bits per heavy atom. The summed E-state index contributed by atoms with van der Waals surface area (Å²) in [6, 6.07) is 55.9. The summed E-state index contributed by atoms with van der Waals surface area (Å²) in [6.45, 7) is 29.6. The Kier molecular flexibility index (Phi) is 9.12. The highest BCUT2D eigenvalue weighted by Gasteiger charge is 2.52. The van der Waals surface area contributed by atoms with E-state index in [1.54, 1.807) is 0 Å². The van der Waals surface area contributed by atoms with Crippen LogP contribution in [0.1, 0.15) is 177 Å². The van der Waals surface area contributed by atoms with Gasteiger partial charge in [0.05, 0.1) is 11.1 Å². The van der Waals surface area contributed by atoms with Crippen molar-refractivity contribution in [1.82, 2.24) is 0 Å². The minimum Gasteiger partial charge on any atom is -0.310 e. The summed E-state index contributed by atoms with van der Waals surface area (Å²) in [5.74, 6) is 0. The number of benzene rings is 7. The van der Waals surface area contributed by atoms with Crippen molar-refractivity contribution in [2.75, 3.05) is 4.90 Å². The average Bonchev–Trinajstić information content (AvgIpc) is 3.78. The molecule has 7 aromatic rings. The summed E-state index contributed by atoms with van der Waals surface area (Å²) in [7, 11) is 0. The molecular weight excluding hydrogens is 819 g/mol. The molecule has 0 aliphatic heterocycles. The van der Waals surface area contributed by atoms with Gasteiger partial charge in [-0.2, -0.15) is 0 Å².